The molecule has 6 heteroatoms. The van der Waals surface area contributed by atoms with Gasteiger partial charge in [-0.05, 0) is 36.6 Å². The largest absolute Gasteiger partial charge is 0.324 e. The van der Waals surface area contributed by atoms with E-state index in [2.05, 4.69) is 46.9 Å². The lowest BCUT2D eigenvalue weighted by atomic mass is 10.0. The van der Waals surface area contributed by atoms with Gasteiger partial charge in [0.25, 0.3) is 0 Å². The maximum Gasteiger partial charge on any atom is 0.246 e. The molecule has 0 radical (unpaired) electrons. The number of amides is 1. The second-order valence-electron chi connectivity index (χ2n) is 8.12. The van der Waals surface area contributed by atoms with E-state index in [1.807, 2.05) is 55.7 Å². The SMILES string of the molecule is Cc1ccc(CCN[C@H](C(=O)Nc2ccc(-c3cnn(C)c3)c(Cl)c2)c2ccccc2)cc1. The van der Waals surface area contributed by atoms with E-state index in [0.717, 1.165) is 23.1 Å². The van der Waals surface area contributed by atoms with Crippen molar-refractivity contribution in [3.8, 4) is 11.1 Å². The molecule has 0 bridgehead atoms. The molecule has 0 unspecified atom stereocenters. The molecular formula is C27H27ClN4O. The van der Waals surface area contributed by atoms with Gasteiger partial charge in [-0.3, -0.25) is 9.48 Å². The van der Waals surface area contributed by atoms with Crippen molar-refractivity contribution < 1.29 is 4.79 Å². The van der Waals surface area contributed by atoms with Crippen LogP contribution in [0.4, 0.5) is 5.69 Å². The molecule has 0 aliphatic heterocycles. The van der Waals surface area contributed by atoms with Crippen molar-refractivity contribution in [1.29, 1.82) is 0 Å². The van der Waals surface area contributed by atoms with Crippen molar-refractivity contribution in [3.63, 3.8) is 0 Å². The molecule has 1 heterocycles. The Morgan fingerprint density at radius 3 is 2.48 bits per heavy atom. The average Bonchev–Trinajstić information content (AvgIpc) is 3.24. The molecule has 0 aliphatic rings. The molecule has 33 heavy (non-hydrogen) atoms. The lowest BCUT2D eigenvalue weighted by Crippen LogP contribution is -2.34. The molecule has 1 atom stereocenters. The summed E-state index contributed by atoms with van der Waals surface area (Å²) in [5, 5.41) is 11.2. The van der Waals surface area contributed by atoms with E-state index in [0.29, 0.717) is 17.3 Å². The number of anilines is 1. The topological polar surface area (TPSA) is 59.0 Å². The summed E-state index contributed by atoms with van der Waals surface area (Å²) < 4.78 is 1.73. The molecule has 0 saturated heterocycles. The van der Waals surface area contributed by atoms with Crippen LogP contribution in [0.15, 0.2) is 85.2 Å². The van der Waals surface area contributed by atoms with E-state index in [1.54, 1.807) is 16.9 Å². The minimum absolute atomic E-state index is 0.129. The average molecular weight is 459 g/mol. The maximum absolute atomic E-state index is 13.2. The summed E-state index contributed by atoms with van der Waals surface area (Å²) in [5.74, 6) is -0.129. The normalized spacial score (nSPS) is 11.8. The number of nitrogens with one attached hydrogen (secondary N) is 2. The number of aryl methyl sites for hydroxylation is 2. The maximum atomic E-state index is 13.2. The first kappa shape index (κ1) is 22.8. The highest BCUT2D eigenvalue weighted by Gasteiger charge is 2.20. The highest BCUT2D eigenvalue weighted by molar-refractivity contribution is 6.33. The van der Waals surface area contributed by atoms with E-state index < -0.39 is 6.04 Å². The molecule has 0 aliphatic carbocycles. The fourth-order valence-electron chi connectivity index (χ4n) is 3.72. The molecule has 1 amide bonds. The van der Waals surface area contributed by atoms with Gasteiger partial charge in [0.05, 0.1) is 11.2 Å². The first-order chi connectivity index (χ1) is 16.0. The van der Waals surface area contributed by atoms with Crippen LogP contribution in [0.3, 0.4) is 0 Å². The van der Waals surface area contributed by atoms with E-state index >= 15 is 0 Å². The van der Waals surface area contributed by atoms with Crippen molar-refractivity contribution in [2.75, 3.05) is 11.9 Å². The van der Waals surface area contributed by atoms with Crippen LogP contribution >= 0.6 is 11.6 Å². The molecule has 1 aromatic heterocycles. The number of hydrogen-bond acceptors (Lipinski definition) is 3. The van der Waals surface area contributed by atoms with Gasteiger partial charge < -0.3 is 10.6 Å². The highest BCUT2D eigenvalue weighted by atomic mass is 35.5. The molecule has 4 aromatic rings. The molecule has 0 saturated carbocycles. The molecule has 3 aromatic carbocycles. The molecule has 2 N–H and O–H groups in total. The zero-order valence-electron chi connectivity index (χ0n) is 18.8. The number of aromatic nitrogens is 2. The zero-order valence-corrected chi connectivity index (χ0v) is 19.5. The predicted octanol–water partition coefficient (Wildman–Crippen LogP) is 5.56. The van der Waals surface area contributed by atoms with E-state index in [9.17, 15) is 4.79 Å². The zero-order chi connectivity index (χ0) is 23.2. The lowest BCUT2D eigenvalue weighted by Gasteiger charge is -2.19. The quantitative estimate of drug-likeness (QED) is 0.363. The van der Waals surface area contributed by atoms with Crippen LogP contribution in [-0.4, -0.2) is 22.2 Å². The molecular weight excluding hydrogens is 432 g/mol. The number of halogens is 1. The van der Waals surface area contributed by atoms with Gasteiger partial charge in [-0.1, -0.05) is 77.8 Å². The number of carbonyl (C=O) groups excluding carboxylic acids is 1. The minimum atomic E-state index is -0.478. The lowest BCUT2D eigenvalue weighted by molar-refractivity contribution is -0.118. The standard InChI is InChI=1S/C27H27ClN4O/c1-19-8-10-20(11-9-19)14-15-29-26(21-6-4-3-5-7-21)27(33)31-23-12-13-24(25(28)16-23)22-17-30-32(2)18-22/h3-13,16-18,26,29H,14-15H2,1-2H3,(H,31,33)/t26-/m0/s1. The van der Waals surface area contributed by atoms with Crippen LogP contribution < -0.4 is 10.6 Å². The Bertz CT molecular complexity index is 1220. The fraction of sp³-hybridized carbons (Fsp3) is 0.185. The fourth-order valence-corrected chi connectivity index (χ4v) is 4.01. The molecule has 0 spiro atoms. The summed E-state index contributed by atoms with van der Waals surface area (Å²) in [5.41, 5.74) is 5.84. The Morgan fingerprint density at radius 2 is 1.82 bits per heavy atom. The van der Waals surface area contributed by atoms with Crippen molar-refractivity contribution >= 4 is 23.2 Å². The number of rotatable bonds is 8. The third-order valence-electron chi connectivity index (χ3n) is 5.53. The summed E-state index contributed by atoms with van der Waals surface area (Å²) in [6.07, 6.45) is 4.51. The van der Waals surface area contributed by atoms with Crippen molar-refractivity contribution in [2.24, 2.45) is 7.05 Å². The third-order valence-corrected chi connectivity index (χ3v) is 5.84. The van der Waals surface area contributed by atoms with Gasteiger partial charge in [-0.2, -0.15) is 5.10 Å². The van der Waals surface area contributed by atoms with Gasteiger partial charge in [0, 0.05) is 36.6 Å². The number of hydrogen-bond donors (Lipinski definition) is 2. The second-order valence-corrected chi connectivity index (χ2v) is 8.53. The highest BCUT2D eigenvalue weighted by Crippen LogP contribution is 2.30. The van der Waals surface area contributed by atoms with E-state index in [1.165, 1.54) is 11.1 Å². The van der Waals surface area contributed by atoms with E-state index in [4.69, 9.17) is 11.6 Å². The molecule has 0 fully saturated rings. The molecule has 168 valence electrons. The van der Waals surface area contributed by atoms with Gasteiger partial charge in [-0.15, -0.1) is 0 Å². The second kappa shape index (κ2) is 10.5. The number of nitrogens with zero attached hydrogens (tertiary/aromatic N) is 2. The van der Waals surface area contributed by atoms with Crippen molar-refractivity contribution in [3.05, 3.63) is 107 Å². The van der Waals surface area contributed by atoms with Crippen molar-refractivity contribution in [1.82, 2.24) is 15.1 Å². The van der Waals surface area contributed by atoms with Gasteiger partial charge in [-0.25, -0.2) is 0 Å². The first-order valence-electron chi connectivity index (χ1n) is 10.9. The summed E-state index contributed by atoms with van der Waals surface area (Å²) in [7, 11) is 1.86. The van der Waals surface area contributed by atoms with E-state index in [-0.39, 0.29) is 5.91 Å². The predicted molar refractivity (Wildman–Crippen MR) is 134 cm³/mol. The molecule has 4 rings (SSSR count). The van der Waals surface area contributed by atoms with Gasteiger partial charge in [0.1, 0.15) is 6.04 Å². The summed E-state index contributed by atoms with van der Waals surface area (Å²) in [6.45, 7) is 2.75. The minimum Gasteiger partial charge on any atom is -0.324 e. The van der Waals surface area contributed by atoms with Crippen LogP contribution in [0.2, 0.25) is 5.02 Å². The van der Waals surface area contributed by atoms with Crippen molar-refractivity contribution in [2.45, 2.75) is 19.4 Å². The van der Waals surface area contributed by atoms with Crippen LogP contribution in [-0.2, 0) is 18.3 Å². The van der Waals surface area contributed by atoms with Gasteiger partial charge in [0.15, 0.2) is 0 Å². The van der Waals surface area contributed by atoms with Gasteiger partial charge >= 0.3 is 0 Å². The Kier molecular flexibility index (Phi) is 7.23. The Balaban J connectivity index is 1.47. The van der Waals surface area contributed by atoms with Crippen LogP contribution in [0.5, 0.6) is 0 Å². The number of carbonyl (C=O) groups is 1. The summed E-state index contributed by atoms with van der Waals surface area (Å²) >= 11 is 6.51. The van der Waals surface area contributed by atoms with Crippen LogP contribution in [0.25, 0.3) is 11.1 Å². The third kappa shape index (κ3) is 5.89. The monoisotopic (exact) mass is 458 g/mol. The van der Waals surface area contributed by atoms with Crippen LogP contribution in [0.1, 0.15) is 22.7 Å². The smallest absolute Gasteiger partial charge is 0.246 e. The van der Waals surface area contributed by atoms with Gasteiger partial charge in [0.2, 0.25) is 5.91 Å². The first-order valence-corrected chi connectivity index (χ1v) is 11.3. The molecule has 5 nitrogen and oxygen atoms in total. The van der Waals surface area contributed by atoms with Crippen LogP contribution in [0, 0.1) is 6.92 Å². The Labute approximate surface area is 199 Å². The summed E-state index contributed by atoms with van der Waals surface area (Å²) in [6, 6.07) is 23.3. The summed E-state index contributed by atoms with van der Waals surface area (Å²) in [4.78, 5) is 13.2. The number of benzene rings is 3. The Morgan fingerprint density at radius 1 is 1.06 bits per heavy atom. The Hall–Kier alpha value is -3.41.